The molecule has 2 aromatic heterocycles. The third-order valence-electron chi connectivity index (χ3n) is 1.68. The molecule has 0 saturated carbocycles. The summed E-state index contributed by atoms with van der Waals surface area (Å²) < 4.78 is 13.3. The lowest BCUT2D eigenvalue weighted by molar-refractivity contribution is 0.580. The Balaban J connectivity index is 2.27. The Morgan fingerprint density at radius 1 is 1.31 bits per heavy atom. The average Bonchev–Trinajstić information content (AvgIpc) is 2.33. The molecule has 5 nitrogen and oxygen atoms in total. The fourth-order valence-corrected chi connectivity index (χ4v) is 1.74. The van der Waals surface area contributed by atoms with Crippen LogP contribution in [0.4, 0.5) is 10.3 Å². The number of pyridine rings is 1. The van der Waals surface area contributed by atoms with E-state index in [0.29, 0.717) is 5.03 Å². The van der Waals surface area contributed by atoms with E-state index in [9.17, 15) is 4.39 Å². The van der Waals surface area contributed by atoms with Crippen molar-refractivity contribution < 1.29 is 4.39 Å². The molecule has 82 valence electrons. The van der Waals surface area contributed by atoms with Crippen molar-refractivity contribution in [3.8, 4) is 0 Å². The van der Waals surface area contributed by atoms with Gasteiger partial charge in [0.1, 0.15) is 10.1 Å². The zero-order valence-corrected chi connectivity index (χ0v) is 8.91. The number of hydrogen-bond acceptors (Lipinski definition) is 6. The topological polar surface area (TPSA) is 76.7 Å². The van der Waals surface area contributed by atoms with Crippen LogP contribution in [0.1, 0.15) is 0 Å². The minimum Gasteiger partial charge on any atom is -0.292 e. The molecule has 0 spiro atoms. The molecule has 0 bridgehead atoms. The first kappa shape index (κ1) is 10.8. The van der Waals surface area contributed by atoms with Crippen molar-refractivity contribution in [3.63, 3.8) is 0 Å². The van der Waals surface area contributed by atoms with Gasteiger partial charge < -0.3 is 0 Å². The lowest BCUT2D eigenvalue weighted by atomic mass is 10.5. The molecule has 2 heterocycles. The van der Waals surface area contributed by atoms with E-state index in [0.717, 1.165) is 18.0 Å². The fourth-order valence-electron chi connectivity index (χ4n) is 0.999. The molecular formula is C9H8FN5S. The summed E-state index contributed by atoms with van der Waals surface area (Å²) in [5.74, 6) is 4.80. The Labute approximate surface area is 95.3 Å². The molecule has 16 heavy (non-hydrogen) atoms. The second-order valence-corrected chi connectivity index (χ2v) is 3.77. The molecule has 0 saturated heterocycles. The van der Waals surface area contributed by atoms with Gasteiger partial charge in [-0.15, -0.1) is 0 Å². The molecule has 0 radical (unpaired) electrons. The maximum absolute atomic E-state index is 13.3. The zero-order valence-electron chi connectivity index (χ0n) is 8.09. The summed E-state index contributed by atoms with van der Waals surface area (Å²) in [5.41, 5.74) is 2.26. The lowest BCUT2D eigenvalue weighted by Crippen LogP contribution is -2.11. The highest BCUT2D eigenvalue weighted by molar-refractivity contribution is 7.99. The molecular weight excluding hydrogens is 229 g/mol. The number of nitrogen functional groups attached to an aromatic ring is 1. The first-order valence-corrected chi connectivity index (χ1v) is 5.19. The van der Waals surface area contributed by atoms with Gasteiger partial charge in [0.2, 0.25) is 5.95 Å². The van der Waals surface area contributed by atoms with Crippen LogP contribution in [0.3, 0.4) is 0 Å². The van der Waals surface area contributed by atoms with Crippen LogP contribution < -0.4 is 11.3 Å². The van der Waals surface area contributed by atoms with Crippen molar-refractivity contribution in [2.75, 3.05) is 5.43 Å². The Morgan fingerprint density at radius 2 is 2.19 bits per heavy atom. The van der Waals surface area contributed by atoms with Crippen LogP contribution in [0.5, 0.6) is 0 Å². The summed E-state index contributed by atoms with van der Waals surface area (Å²) >= 11 is 1.11. The van der Waals surface area contributed by atoms with Gasteiger partial charge in [-0.25, -0.2) is 25.2 Å². The molecule has 0 atom stereocenters. The fraction of sp³-hybridized carbons (Fsp3) is 0. The summed E-state index contributed by atoms with van der Waals surface area (Å²) in [4.78, 5) is 11.6. The maximum Gasteiger partial charge on any atom is 0.238 e. The van der Waals surface area contributed by atoms with Crippen LogP contribution in [-0.4, -0.2) is 15.0 Å². The first-order chi connectivity index (χ1) is 7.79. The van der Waals surface area contributed by atoms with E-state index in [1.165, 1.54) is 0 Å². The number of anilines is 1. The Morgan fingerprint density at radius 3 is 2.88 bits per heavy atom. The van der Waals surface area contributed by atoms with Gasteiger partial charge in [-0.3, -0.25) is 5.43 Å². The van der Waals surface area contributed by atoms with Crippen LogP contribution in [0.15, 0.2) is 40.6 Å². The second kappa shape index (κ2) is 4.86. The monoisotopic (exact) mass is 237 g/mol. The van der Waals surface area contributed by atoms with E-state index >= 15 is 0 Å². The molecule has 0 aliphatic rings. The van der Waals surface area contributed by atoms with Crippen molar-refractivity contribution in [1.82, 2.24) is 15.0 Å². The molecule has 0 aliphatic carbocycles. The van der Waals surface area contributed by atoms with Gasteiger partial charge in [0.25, 0.3) is 0 Å². The van der Waals surface area contributed by atoms with E-state index in [1.54, 1.807) is 18.3 Å². The van der Waals surface area contributed by atoms with Crippen molar-refractivity contribution in [2.24, 2.45) is 5.84 Å². The molecule has 7 heteroatoms. The van der Waals surface area contributed by atoms with Gasteiger partial charge >= 0.3 is 0 Å². The highest BCUT2D eigenvalue weighted by Crippen LogP contribution is 2.26. The van der Waals surface area contributed by atoms with Crippen LogP contribution >= 0.6 is 11.8 Å². The number of nitrogens with two attached hydrogens (primary N) is 1. The minimum absolute atomic E-state index is 0.167. The summed E-state index contributed by atoms with van der Waals surface area (Å²) in [6, 6.07) is 5.37. The SMILES string of the molecule is NNc1ncc(F)c(Sc2ccccn2)n1. The van der Waals surface area contributed by atoms with Gasteiger partial charge in [-0.05, 0) is 23.9 Å². The smallest absolute Gasteiger partial charge is 0.238 e. The maximum atomic E-state index is 13.3. The lowest BCUT2D eigenvalue weighted by Gasteiger charge is -2.03. The molecule has 0 aromatic carbocycles. The van der Waals surface area contributed by atoms with Crippen LogP contribution in [0.2, 0.25) is 0 Å². The largest absolute Gasteiger partial charge is 0.292 e. The number of hydrazine groups is 1. The Hall–Kier alpha value is -1.73. The van der Waals surface area contributed by atoms with E-state index in [-0.39, 0.29) is 11.0 Å². The third kappa shape index (κ3) is 2.44. The molecule has 0 fully saturated rings. The molecule has 2 rings (SSSR count). The quantitative estimate of drug-likeness (QED) is 0.478. The predicted octanol–water partition coefficient (Wildman–Crippen LogP) is 1.45. The number of nitrogens with zero attached hydrogens (tertiary/aromatic N) is 3. The average molecular weight is 237 g/mol. The van der Waals surface area contributed by atoms with E-state index in [1.807, 2.05) is 6.07 Å². The van der Waals surface area contributed by atoms with Crippen molar-refractivity contribution in [3.05, 3.63) is 36.4 Å². The normalized spacial score (nSPS) is 10.1. The second-order valence-electron chi connectivity index (χ2n) is 2.76. The summed E-state index contributed by atoms with van der Waals surface area (Å²) in [7, 11) is 0. The van der Waals surface area contributed by atoms with Gasteiger partial charge in [0.15, 0.2) is 5.82 Å². The molecule has 3 N–H and O–H groups in total. The van der Waals surface area contributed by atoms with Gasteiger partial charge in [-0.1, -0.05) is 6.07 Å². The summed E-state index contributed by atoms with van der Waals surface area (Å²) in [5, 5.41) is 0.838. The number of halogens is 1. The molecule has 0 unspecified atom stereocenters. The van der Waals surface area contributed by atoms with Crippen LogP contribution in [-0.2, 0) is 0 Å². The Kier molecular flexibility index (Phi) is 3.28. The minimum atomic E-state index is -0.505. The van der Waals surface area contributed by atoms with E-state index in [2.05, 4.69) is 20.4 Å². The Bertz CT molecular complexity index is 479. The van der Waals surface area contributed by atoms with Gasteiger partial charge in [0.05, 0.1) is 6.20 Å². The van der Waals surface area contributed by atoms with Crippen molar-refractivity contribution in [2.45, 2.75) is 10.1 Å². The third-order valence-corrected chi connectivity index (χ3v) is 2.61. The zero-order chi connectivity index (χ0) is 11.4. The van der Waals surface area contributed by atoms with Gasteiger partial charge in [-0.2, -0.15) is 0 Å². The molecule has 0 aliphatic heterocycles. The van der Waals surface area contributed by atoms with E-state index in [4.69, 9.17) is 5.84 Å². The predicted molar refractivity (Wildman–Crippen MR) is 58.2 cm³/mol. The van der Waals surface area contributed by atoms with Crippen molar-refractivity contribution >= 4 is 17.7 Å². The summed E-state index contributed by atoms with van der Waals surface area (Å²) in [6.45, 7) is 0. The number of nitrogens with one attached hydrogen (secondary N) is 1. The summed E-state index contributed by atoms with van der Waals surface area (Å²) in [6.07, 6.45) is 2.69. The highest BCUT2D eigenvalue weighted by atomic mass is 32.2. The standard InChI is InChI=1S/C9H8FN5S/c10-6-5-13-9(15-11)14-8(6)16-7-3-1-2-4-12-7/h1-5H,11H2,(H,13,14,15). The number of aromatic nitrogens is 3. The van der Waals surface area contributed by atoms with Gasteiger partial charge in [0, 0.05) is 6.20 Å². The molecule has 0 amide bonds. The highest BCUT2D eigenvalue weighted by Gasteiger charge is 2.08. The molecule has 2 aromatic rings. The van der Waals surface area contributed by atoms with E-state index < -0.39 is 5.82 Å². The van der Waals surface area contributed by atoms with Crippen molar-refractivity contribution in [1.29, 1.82) is 0 Å². The number of hydrogen-bond donors (Lipinski definition) is 2. The number of rotatable bonds is 3. The van der Waals surface area contributed by atoms with Crippen LogP contribution in [0.25, 0.3) is 0 Å². The first-order valence-electron chi connectivity index (χ1n) is 4.37. The van der Waals surface area contributed by atoms with Crippen LogP contribution in [0, 0.1) is 5.82 Å².